The average Bonchev–Trinajstić information content (AvgIpc) is 2.64. The van der Waals surface area contributed by atoms with Crippen molar-refractivity contribution in [3.8, 4) is 17.2 Å². The Morgan fingerprint density at radius 1 is 0.600 bits per heavy atom. The topological polar surface area (TPSA) is 44.8 Å². The minimum atomic E-state index is -2.16. The molecule has 0 fully saturated rings. The van der Waals surface area contributed by atoms with Gasteiger partial charge in [0.2, 0.25) is 0 Å². The molecular formula is C20H15ClO4. The molecule has 0 heterocycles. The molecule has 3 aromatic carbocycles. The van der Waals surface area contributed by atoms with Crippen LogP contribution in [0.4, 0.5) is 0 Å². The zero-order valence-corrected chi connectivity index (χ0v) is 13.9. The molecule has 0 atom stereocenters. The molecule has 0 saturated heterocycles. The molecule has 126 valence electrons. The highest BCUT2D eigenvalue weighted by atomic mass is 35.5. The summed E-state index contributed by atoms with van der Waals surface area (Å²) in [5, 5.41) is -0.941. The van der Waals surface area contributed by atoms with Gasteiger partial charge in [0.05, 0.1) is 0 Å². The van der Waals surface area contributed by atoms with Crippen LogP contribution in [0, 0.1) is 0 Å². The van der Waals surface area contributed by atoms with Gasteiger partial charge in [-0.3, -0.25) is 4.79 Å². The van der Waals surface area contributed by atoms with Crippen molar-refractivity contribution in [2.45, 2.75) is 5.97 Å². The zero-order valence-electron chi connectivity index (χ0n) is 13.2. The molecule has 0 amide bonds. The van der Waals surface area contributed by atoms with Gasteiger partial charge in [-0.2, -0.15) is 0 Å². The predicted octanol–water partition coefficient (Wildman–Crippen LogP) is 4.64. The summed E-state index contributed by atoms with van der Waals surface area (Å²) in [6.45, 7) is 0. The van der Waals surface area contributed by atoms with Crippen LogP contribution >= 0.6 is 11.6 Å². The van der Waals surface area contributed by atoms with Gasteiger partial charge in [0.25, 0.3) is 0 Å². The molecule has 0 aromatic heterocycles. The summed E-state index contributed by atoms with van der Waals surface area (Å²) in [4.78, 5) is 12.3. The third-order valence-electron chi connectivity index (χ3n) is 3.23. The number of para-hydroxylation sites is 3. The molecule has 0 saturated carbocycles. The summed E-state index contributed by atoms with van der Waals surface area (Å²) in [5.41, 5.74) is 0. The average molecular weight is 355 g/mol. The summed E-state index contributed by atoms with van der Waals surface area (Å²) >= 11 is 5.84. The van der Waals surface area contributed by atoms with Gasteiger partial charge in [-0.1, -0.05) is 54.6 Å². The number of hydrogen-bond donors (Lipinski definition) is 0. The Bertz CT molecular complexity index is 705. The van der Waals surface area contributed by atoms with E-state index in [2.05, 4.69) is 0 Å². The number of carbonyl (C=O) groups is 1. The lowest BCUT2D eigenvalue weighted by Crippen LogP contribution is -2.53. The largest absolute Gasteiger partial charge is 0.498 e. The second-order valence-corrected chi connectivity index (χ2v) is 5.42. The van der Waals surface area contributed by atoms with E-state index in [1.54, 1.807) is 72.8 Å². The lowest BCUT2D eigenvalue weighted by atomic mass is 10.3. The van der Waals surface area contributed by atoms with Crippen molar-refractivity contribution in [1.82, 2.24) is 0 Å². The highest BCUT2D eigenvalue weighted by molar-refractivity contribution is 6.65. The van der Waals surface area contributed by atoms with Crippen LogP contribution in [-0.2, 0) is 4.79 Å². The van der Waals surface area contributed by atoms with E-state index < -0.39 is 11.2 Å². The third kappa shape index (κ3) is 4.31. The van der Waals surface area contributed by atoms with Gasteiger partial charge in [-0.15, -0.1) is 0 Å². The number of hydrogen-bond acceptors (Lipinski definition) is 4. The second-order valence-electron chi connectivity index (χ2n) is 5.08. The molecule has 0 spiro atoms. The fourth-order valence-corrected chi connectivity index (χ4v) is 2.23. The maximum absolute atomic E-state index is 12.3. The van der Waals surface area contributed by atoms with E-state index in [9.17, 15) is 4.79 Å². The molecule has 3 aromatic rings. The molecule has 0 bridgehead atoms. The zero-order chi connectivity index (χ0) is 17.5. The molecule has 4 nitrogen and oxygen atoms in total. The van der Waals surface area contributed by atoms with E-state index in [1.165, 1.54) is 0 Å². The van der Waals surface area contributed by atoms with Crippen molar-refractivity contribution in [1.29, 1.82) is 0 Å². The van der Waals surface area contributed by atoms with Gasteiger partial charge >= 0.3 is 11.2 Å². The summed E-state index contributed by atoms with van der Waals surface area (Å²) in [6, 6.07) is 26.2. The molecule has 0 unspecified atom stereocenters. The Morgan fingerprint density at radius 3 is 1.12 bits per heavy atom. The first-order chi connectivity index (χ1) is 12.2. The first kappa shape index (κ1) is 16.9. The van der Waals surface area contributed by atoms with Crippen molar-refractivity contribution in [2.75, 3.05) is 0 Å². The van der Waals surface area contributed by atoms with E-state index in [4.69, 9.17) is 25.8 Å². The van der Waals surface area contributed by atoms with Crippen molar-refractivity contribution < 1.29 is 19.0 Å². The predicted molar refractivity (Wildman–Crippen MR) is 94.8 cm³/mol. The maximum atomic E-state index is 12.3. The van der Waals surface area contributed by atoms with E-state index in [0.29, 0.717) is 17.2 Å². The summed E-state index contributed by atoms with van der Waals surface area (Å²) < 4.78 is 17.2. The molecule has 0 radical (unpaired) electrons. The molecule has 0 aliphatic heterocycles. The van der Waals surface area contributed by atoms with Gasteiger partial charge in [0.1, 0.15) is 17.2 Å². The van der Waals surface area contributed by atoms with Crippen LogP contribution < -0.4 is 14.2 Å². The standard InChI is InChI=1S/C20H15ClO4/c21-19(22)20(23-16-10-4-1-5-11-16,24-17-12-6-2-7-13-17)25-18-14-8-3-9-15-18/h1-15H. The van der Waals surface area contributed by atoms with E-state index >= 15 is 0 Å². The van der Waals surface area contributed by atoms with Gasteiger partial charge in [-0.05, 0) is 48.0 Å². The maximum Gasteiger partial charge on any atom is 0.498 e. The first-order valence-corrected chi connectivity index (χ1v) is 7.98. The summed E-state index contributed by atoms with van der Waals surface area (Å²) in [7, 11) is 0. The Morgan fingerprint density at radius 2 is 0.880 bits per heavy atom. The van der Waals surface area contributed by atoms with Crippen LogP contribution in [0.1, 0.15) is 0 Å². The number of rotatable bonds is 7. The van der Waals surface area contributed by atoms with Gasteiger partial charge in [0, 0.05) is 0 Å². The van der Waals surface area contributed by atoms with Crippen LogP contribution in [0.5, 0.6) is 17.2 Å². The molecule has 3 rings (SSSR count). The lowest BCUT2D eigenvalue weighted by molar-refractivity contribution is -0.232. The fourth-order valence-electron chi connectivity index (χ4n) is 2.11. The first-order valence-electron chi connectivity index (χ1n) is 7.60. The van der Waals surface area contributed by atoms with E-state index in [0.717, 1.165) is 0 Å². The van der Waals surface area contributed by atoms with Crippen LogP contribution in [0.3, 0.4) is 0 Å². The lowest BCUT2D eigenvalue weighted by Gasteiger charge is -2.30. The minimum Gasteiger partial charge on any atom is -0.414 e. The smallest absolute Gasteiger partial charge is 0.414 e. The molecule has 0 aliphatic rings. The molecule has 25 heavy (non-hydrogen) atoms. The molecule has 0 aliphatic carbocycles. The Kier molecular flexibility index (Phi) is 5.21. The highest BCUT2D eigenvalue weighted by Gasteiger charge is 2.47. The van der Waals surface area contributed by atoms with Crippen molar-refractivity contribution >= 4 is 16.8 Å². The van der Waals surface area contributed by atoms with Crippen LogP contribution in [0.25, 0.3) is 0 Å². The van der Waals surface area contributed by atoms with Crippen molar-refractivity contribution in [2.24, 2.45) is 0 Å². The number of halogens is 1. The van der Waals surface area contributed by atoms with Crippen LogP contribution in [0.15, 0.2) is 91.0 Å². The molecule has 0 N–H and O–H groups in total. The molecule has 5 heteroatoms. The van der Waals surface area contributed by atoms with E-state index in [1.807, 2.05) is 18.2 Å². The summed E-state index contributed by atoms with van der Waals surface area (Å²) in [5.74, 6) is -1.03. The highest BCUT2D eigenvalue weighted by Crippen LogP contribution is 2.28. The third-order valence-corrected chi connectivity index (χ3v) is 3.46. The Balaban J connectivity index is 1.99. The normalized spacial score (nSPS) is 10.8. The molecular weight excluding hydrogens is 340 g/mol. The Labute approximate surface area is 150 Å². The van der Waals surface area contributed by atoms with Gasteiger partial charge in [-0.25, -0.2) is 0 Å². The van der Waals surface area contributed by atoms with Crippen molar-refractivity contribution in [3.05, 3.63) is 91.0 Å². The van der Waals surface area contributed by atoms with E-state index in [-0.39, 0.29) is 0 Å². The number of ether oxygens (including phenoxy) is 3. The minimum absolute atomic E-state index is 0.378. The monoisotopic (exact) mass is 354 g/mol. The van der Waals surface area contributed by atoms with Crippen LogP contribution in [0.2, 0.25) is 0 Å². The second kappa shape index (κ2) is 7.73. The number of carbonyl (C=O) groups excluding carboxylic acids is 1. The summed E-state index contributed by atoms with van der Waals surface area (Å²) in [6.07, 6.45) is 0. The SMILES string of the molecule is O=C(Cl)C(Oc1ccccc1)(Oc1ccccc1)Oc1ccccc1. The quantitative estimate of drug-likeness (QED) is 0.458. The fraction of sp³-hybridized carbons (Fsp3) is 0.0500. The van der Waals surface area contributed by atoms with Crippen LogP contribution in [-0.4, -0.2) is 11.2 Å². The van der Waals surface area contributed by atoms with Crippen molar-refractivity contribution in [3.63, 3.8) is 0 Å². The Hall–Kier alpha value is -2.98. The van der Waals surface area contributed by atoms with Gasteiger partial charge in [0.15, 0.2) is 0 Å². The van der Waals surface area contributed by atoms with Gasteiger partial charge < -0.3 is 14.2 Å². The number of benzene rings is 3.